The molecule has 2 saturated carbocycles. The Labute approximate surface area is 117 Å². The van der Waals surface area contributed by atoms with Crippen LogP contribution in [0.3, 0.4) is 0 Å². The van der Waals surface area contributed by atoms with Crippen LogP contribution in [0.15, 0.2) is 0 Å². The van der Waals surface area contributed by atoms with Crippen molar-refractivity contribution in [2.45, 2.75) is 77.3 Å². The van der Waals surface area contributed by atoms with Crippen LogP contribution in [-0.4, -0.2) is 18.0 Å². The molecule has 110 valence electrons. The first-order valence-corrected chi connectivity index (χ1v) is 8.14. The average molecular weight is 266 g/mol. The van der Waals surface area contributed by atoms with Gasteiger partial charge in [-0.2, -0.15) is 0 Å². The molecular formula is C16H30N2O. The van der Waals surface area contributed by atoms with Gasteiger partial charge >= 0.3 is 0 Å². The highest BCUT2D eigenvalue weighted by Gasteiger charge is 2.32. The van der Waals surface area contributed by atoms with Crippen molar-refractivity contribution in [1.82, 2.24) is 5.32 Å². The minimum absolute atomic E-state index is 0.190. The Morgan fingerprint density at radius 3 is 2.47 bits per heavy atom. The van der Waals surface area contributed by atoms with Crippen molar-refractivity contribution in [2.75, 3.05) is 0 Å². The van der Waals surface area contributed by atoms with Gasteiger partial charge in [0.05, 0.1) is 0 Å². The van der Waals surface area contributed by atoms with Gasteiger partial charge in [0.15, 0.2) is 0 Å². The van der Waals surface area contributed by atoms with E-state index in [1.807, 2.05) is 0 Å². The molecule has 1 amide bonds. The van der Waals surface area contributed by atoms with E-state index in [4.69, 9.17) is 5.73 Å². The maximum absolute atomic E-state index is 12.5. The fraction of sp³-hybridized carbons (Fsp3) is 0.938. The largest absolute Gasteiger partial charge is 0.353 e. The molecule has 0 spiro atoms. The first-order chi connectivity index (χ1) is 9.08. The summed E-state index contributed by atoms with van der Waals surface area (Å²) < 4.78 is 0. The molecule has 3 N–H and O–H groups in total. The van der Waals surface area contributed by atoms with E-state index in [0.29, 0.717) is 23.9 Å². The van der Waals surface area contributed by atoms with E-state index in [1.165, 1.54) is 25.7 Å². The van der Waals surface area contributed by atoms with Gasteiger partial charge < -0.3 is 11.1 Å². The lowest BCUT2D eigenvalue weighted by Gasteiger charge is -2.33. The van der Waals surface area contributed by atoms with E-state index in [2.05, 4.69) is 19.2 Å². The van der Waals surface area contributed by atoms with Crippen molar-refractivity contribution in [1.29, 1.82) is 0 Å². The Morgan fingerprint density at radius 1 is 1.00 bits per heavy atom. The molecule has 2 aliphatic rings. The average Bonchev–Trinajstić information content (AvgIpc) is 2.55. The van der Waals surface area contributed by atoms with Crippen LogP contribution >= 0.6 is 0 Å². The van der Waals surface area contributed by atoms with Gasteiger partial charge in [-0.05, 0) is 43.9 Å². The lowest BCUT2D eigenvalue weighted by molar-refractivity contribution is -0.128. The molecule has 5 unspecified atom stereocenters. The summed E-state index contributed by atoms with van der Waals surface area (Å²) >= 11 is 0. The zero-order valence-corrected chi connectivity index (χ0v) is 12.5. The molecule has 3 nitrogen and oxygen atoms in total. The highest BCUT2D eigenvalue weighted by atomic mass is 16.2. The van der Waals surface area contributed by atoms with Crippen molar-refractivity contribution in [3.63, 3.8) is 0 Å². The van der Waals surface area contributed by atoms with E-state index in [-0.39, 0.29) is 11.8 Å². The summed E-state index contributed by atoms with van der Waals surface area (Å²) in [5.41, 5.74) is 5.98. The first-order valence-electron chi connectivity index (χ1n) is 8.14. The van der Waals surface area contributed by atoms with Gasteiger partial charge in [-0.1, -0.05) is 33.1 Å². The molecule has 0 heterocycles. The number of hydrogen-bond donors (Lipinski definition) is 2. The number of nitrogens with two attached hydrogens (primary N) is 1. The predicted octanol–water partition coefficient (Wildman–Crippen LogP) is 2.83. The molecule has 3 heteroatoms. The fourth-order valence-electron chi connectivity index (χ4n) is 3.82. The monoisotopic (exact) mass is 266 g/mol. The number of carbonyl (C=O) groups is 1. The number of carbonyl (C=O) groups excluding carboxylic acids is 1. The van der Waals surface area contributed by atoms with Crippen LogP contribution in [0.4, 0.5) is 0 Å². The summed E-state index contributed by atoms with van der Waals surface area (Å²) in [7, 11) is 0. The molecule has 2 fully saturated rings. The van der Waals surface area contributed by atoms with E-state index in [0.717, 1.165) is 25.7 Å². The molecule has 0 radical (unpaired) electrons. The molecule has 0 aromatic heterocycles. The van der Waals surface area contributed by atoms with Crippen molar-refractivity contribution in [3.05, 3.63) is 0 Å². The standard InChI is InChI=1S/C16H30N2O/c1-11-6-4-3-5-7-15(11)18-16(19)14-9-8-13(17)10-12(14)2/h11-15H,3-10,17H2,1-2H3,(H,18,19). The molecule has 5 atom stereocenters. The molecule has 0 bridgehead atoms. The normalized spacial score (nSPS) is 40.5. The van der Waals surface area contributed by atoms with Gasteiger partial charge in [-0.15, -0.1) is 0 Å². The van der Waals surface area contributed by atoms with E-state index in [9.17, 15) is 4.79 Å². The molecule has 2 rings (SSSR count). The SMILES string of the molecule is CC1CCCCCC1NC(=O)C1CCC(N)CC1C. The second-order valence-corrected chi connectivity index (χ2v) is 6.89. The van der Waals surface area contributed by atoms with Gasteiger partial charge in [0.1, 0.15) is 0 Å². The van der Waals surface area contributed by atoms with Gasteiger partial charge in [0.25, 0.3) is 0 Å². The third-order valence-electron chi connectivity index (χ3n) is 5.24. The quantitative estimate of drug-likeness (QED) is 0.755. The highest BCUT2D eigenvalue weighted by molar-refractivity contribution is 5.79. The summed E-state index contributed by atoms with van der Waals surface area (Å²) in [5.74, 6) is 1.55. The Balaban J connectivity index is 1.89. The minimum Gasteiger partial charge on any atom is -0.353 e. The van der Waals surface area contributed by atoms with Crippen LogP contribution in [0.1, 0.15) is 65.2 Å². The molecule has 19 heavy (non-hydrogen) atoms. The molecular weight excluding hydrogens is 236 g/mol. The van der Waals surface area contributed by atoms with Crippen LogP contribution in [0, 0.1) is 17.8 Å². The molecule has 0 aromatic carbocycles. The van der Waals surface area contributed by atoms with E-state index >= 15 is 0 Å². The molecule has 0 aliphatic heterocycles. The van der Waals surface area contributed by atoms with Crippen molar-refractivity contribution in [2.24, 2.45) is 23.5 Å². The Hall–Kier alpha value is -0.570. The van der Waals surface area contributed by atoms with Crippen molar-refractivity contribution in [3.8, 4) is 0 Å². The van der Waals surface area contributed by atoms with Crippen LogP contribution in [0.5, 0.6) is 0 Å². The smallest absolute Gasteiger partial charge is 0.223 e. The van der Waals surface area contributed by atoms with E-state index in [1.54, 1.807) is 0 Å². The predicted molar refractivity (Wildman–Crippen MR) is 78.7 cm³/mol. The van der Waals surface area contributed by atoms with Crippen molar-refractivity contribution < 1.29 is 4.79 Å². The lowest BCUT2D eigenvalue weighted by atomic mass is 9.77. The highest BCUT2D eigenvalue weighted by Crippen LogP contribution is 2.30. The fourth-order valence-corrected chi connectivity index (χ4v) is 3.82. The van der Waals surface area contributed by atoms with E-state index < -0.39 is 0 Å². The minimum atomic E-state index is 0.190. The number of nitrogens with one attached hydrogen (secondary N) is 1. The van der Waals surface area contributed by atoms with Crippen LogP contribution in [0.2, 0.25) is 0 Å². The molecule has 2 aliphatic carbocycles. The summed E-state index contributed by atoms with van der Waals surface area (Å²) in [5, 5.41) is 3.34. The second kappa shape index (κ2) is 6.74. The van der Waals surface area contributed by atoms with Crippen molar-refractivity contribution >= 4 is 5.91 Å². The van der Waals surface area contributed by atoms with Gasteiger partial charge in [0, 0.05) is 18.0 Å². The Kier molecular flexibility index (Phi) is 5.26. The van der Waals surface area contributed by atoms with Crippen LogP contribution in [-0.2, 0) is 4.79 Å². The zero-order valence-electron chi connectivity index (χ0n) is 12.5. The first kappa shape index (κ1) is 14.8. The number of rotatable bonds is 2. The maximum Gasteiger partial charge on any atom is 0.223 e. The number of amides is 1. The summed E-state index contributed by atoms with van der Waals surface area (Å²) in [6, 6.07) is 0.702. The number of hydrogen-bond acceptors (Lipinski definition) is 2. The summed E-state index contributed by atoms with van der Waals surface area (Å²) in [4.78, 5) is 12.5. The molecule has 0 aromatic rings. The third kappa shape index (κ3) is 3.95. The Bertz CT molecular complexity index is 305. The van der Waals surface area contributed by atoms with Gasteiger partial charge in [0.2, 0.25) is 5.91 Å². The maximum atomic E-state index is 12.5. The lowest BCUT2D eigenvalue weighted by Crippen LogP contribution is -2.46. The molecule has 0 saturated heterocycles. The Morgan fingerprint density at radius 2 is 1.74 bits per heavy atom. The van der Waals surface area contributed by atoms with Crippen LogP contribution in [0.25, 0.3) is 0 Å². The van der Waals surface area contributed by atoms with Crippen LogP contribution < -0.4 is 11.1 Å². The van der Waals surface area contributed by atoms with Gasteiger partial charge in [-0.3, -0.25) is 4.79 Å². The topological polar surface area (TPSA) is 55.1 Å². The third-order valence-corrected chi connectivity index (χ3v) is 5.24. The zero-order chi connectivity index (χ0) is 13.8. The summed E-state index contributed by atoms with van der Waals surface area (Å²) in [6.45, 7) is 4.47. The van der Waals surface area contributed by atoms with Gasteiger partial charge in [-0.25, -0.2) is 0 Å². The second-order valence-electron chi connectivity index (χ2n) is 6.89. The summed E-state index contributed by atoms with van der Waals surface area (Å²) in [6.07, 6.45) is 9.30.